The van der Waals surface area contributed by atoms with E-state index < -0.39 is 5.69 Å². The van der Waals surface area contributed by atoms with Crippen molar-refractivity contribution in [3.05, 3.63) is 46.1 Å². The van der Waals surface area contributed by atoms with E-state index in [1.807, 2.05) is 11.8 Å². The molecule has 0 atom stereocenters. The van der Waals surface area contributed by atoms with Crippen molar-refractivity contribution in [1.29, 1.82) is 0 Å². The van der Waals surface area contributed by atoms with Crippen molar-refractivity contribution in [2.75, 3.05) is 6.54 Å². The number of thioether (sulfide) groups is 1. The third-order valence-electron chi connectivity index (χ3n) is 4.16. The van der Waals surface area contributed by atoms with Crippen molar-refractivity contribution in [1.82, 2.24) is 20.5 Å². The van der Waals surface area contributed by atoms with Gasteiger partial charge in [0.15, 0.2) is 0 Å². The van der Waals surface area contributed by atoms with Gasteiger partial charge in [0.05, 0.1) is 0 Å². The van der Waals surface area contributed by atoms with Gasteiger partial charge in [-0.05, 0) is 31.9 Å². The van der Waals surface area contributed by atoms with Gasteiger partial charge in [-0.2, -0.15) is 0 Å². The number of hydrogen-bond donors (Lipinski definition) is 3. The average Bonchev–Trinajstić information content (AvgIpc) is 3.17. The van der Waals surface area contributed by atoms with Crippen molar-refractivity contribution < 1.29 is 4.79 Å². The van der Waals surface area contributed by atoms with Crippen LogP contribution in [0.1, 0.15) is 41.9 Å². The summed E-state index contributed by atoms with van der Waals surface area (Å²) < 4.78 is 0.0154. The summed E-state index contributed by atoms with van der Waals surface area (Å²) in [5.74, 6) is -0.317. The minimum Gasteiger partial charge on any atom is -0.348 e. The Kier molecular flexibility index (Phi) is 4.56. The SMILES string of the molecule is Cc1ccc(SC2(CNC(=O)c3n[nH]c(=O)[nH]3)CCCC2)cc1. The van der Waals surface area contributed by atoms with Crippen molar-refractivity contribution in [2.45, 2.75) is 42.2 Å². The lowest BCUT2D eigenvalue weighted by Crippen LogP contribution is -2.39. The highest BCUT2D eigenvalue weighted by atomic mass is 32.2. The number of amides is 1. The fourth-order valence-electron chi connectivity index (χ4n) is 2.89. The molecule has 0 aliphatic heterocycles. The number of hydrogen-bond acceptors (Lipinski definition) is 4. The van der Waals surface area contributed by atoms with E-state index in [0.29, 0.717) is 6.54 Å². The van der Waals surface area contributed by atoms with E-state index in [-0.39, 0.29) is 16.5 Å². The second-order valence-electron chi connectivity index (χ2n) is 6.01. The Labute approximate surface area is 138 Å². The Bertz CT molecular complexity index is 729. The Morgan fingerprint density at radius 2 is 2.00 bits per heavy atom. The van der Waals surface area contributed by atoms with Crippen molar-refractivity contribution in [2.24, 2.45) is 0 Å². The second kappa shape index (κ2) is 6.62. The average molecular weight is 332 g/mol. The first-order valence-corrected chi connectivity index (χ1v) is 8.57. The van der Waals surface area contributed by atoms with E-state index in [1.165, 1.54) is 23.3 Å². The fraction of sp³-hybridized carbons (Fsp3) is 0.438. The molecule has 1 aromatic heterocycles. The van der Waals surface area contributed by atoms with Crippen LogP contribution in [0.5, 0.6) is 0 Å². The van der Waals surface area contributed by atoms with Gasteiger partial charge in [-0.15, -0.1) is 16.9 Å². The summed E-state index contributed by atoms with van der Waals surface area (Å²) in [4.78, 5) is 26.7. The van der Waals surface area contributed by atoms with E-state index >= 15 is 0 Å². The largest absolute Gasteiger partial charge is 0.348 e. The van der Waals surface area contributed by atoms with Gasteiger partial charge in [0, 0.05) is 16.2 Å². The summed E-state index contributed by atoms with van der Waals surface area (Å²) in [7, 11) is 0. The molecule has 0 radical (unpaired) electrons. The van der Waals surface area contributed by atoms with E-state index in [1.54, 1.807) is 0 Å². The molecule has 1 amide bonds. The van der Waals surface area contributed by atoms with E-state index in [4.69, 9.17) is 0 Å². The van der Waals surface area contributed by atoms with Crippen LogP contribution in [0.4, 0.5) is 0 Å². The molecule has 0 unspecified atom stereocenters. The molecule has 1 aromatic carbocycles. The summed E-state index contributed by atoms with van der Waals surface area (Å²) in [6.45, 7) is 2.64. The molecule has 1 fully saturated rings. The van der Waals surface area contributed by atoms with Crippen molar-refractivity contribution in [3.63, 3.8) is 0 Å². The number of rotatable bonds is 5. The normalized spacial score (nSPS) is 16.4. The van der Waals surface area contributed by atoms with E-state index in [2.05, 4.69) is 51.7 Å². The molecule has 1 heterocycles. The van der Waals surface area contributed by atoms with Gasteiger partial charge in [-0.25, -0.2) is 9.89 Å². The lowest BCUT2D eigenvalue weighted by Gasteiger charge is -2.28. The smallest absolute Gasteiger partial charge is 0.341 e. The molecule has 6 nitrogen and oxygen atoms in total. The first-order valence-electron chi connectivity index (χ1n) is 7.75. The van der Waals surface area contributed by atoms with Crippen LogP contribution in [0.15, 0.2) is 34.0 Å². The fourth-order valence-corrected chi connectivity index (χ4v) is 4.30. The van der Waals surface area contributed by atoms with Gasteiger partial charge in [-0.1, -0.05) is 30.5 Å². The Morgan fingerprint density at radius 1 is 1.30 bits per heavy atom. The topological polar surface area (TPSA) is 90.6 Å². The van der Waals surface area contributed by atoms with Crippen LogP contribution in [0, 0.1) is 6.92 Å². The quantitative estimate of drug-likeness (QED) is 0.783. The highest BCUT2D eigenvalue weighted by Gasteiger charge is 2.35. The molecule has 0 saturated heterocycles. The van der Waals surface area contributed by atoms with Gasteiger partial charge in [0.25, 0.3) is 5.91 Å². The Morgan fingerprint density at radius 3 is 2.61 bits per heavy atom. The minimum atomic E-state index is -0.472. The maximum atomic E-state index is 12.1. The number of aromatic amines is 2. The zero-order chi connectivity index (χ0) is 16.3. The molecule has 23 heavy (non-hydrogen) atoms. The van der Waals surface area contributed by atoms with Gasteiger partial charge in [0.1, 0.15) is 0 Å². The second-order valence-corrected chi connectivity index (χ2v) is 7.56. The summed E-state index contributed by atoms with van der Waals surface area (Å²) in [5.41, 5.74) is 0.769. The molecule has 3 rings (SSSR count). The van der Waals surface area contributed by atoms with Crippen LogP contribution in [0.3, 0.4) is 0 Å². The molecule has 2 aromatic rings. The number of nitrogens with zero attached hydrogens (tertiary/aromatic N) is 1. The number of carbonyl (C=O) groups is 1. The third kappa shape index (κ3) is 3.85. The molecule has 122 valence electrons. The zero-order valence-corrected chi connectivity index (χ0v) is 13.8. The molecule has 1 saturated carbocycles. The third-order valence-corrected chi connectivity index (χ3v) is 5.65. The van der Waals surface area contributed by atoms with Crippen molar-refractivity contribution >= 4 is 17.7 Å². The minimum absolute atomic E-state index is 0.0154. The zero-order valence-electron chi connectivity index (χ0n) is 13.0. The molecule has 1 aliphatic carbocycles. The number of benzene rings is 1. The molecule has 1 aliphatic rings. The van der Waals surface area contributed by atoms with Gasteiger partial charge < -0.3 is 5.32 Å². The molecular weight excluding hydrogens is 312 g/mol. The summed E-state index contributed by atoms with van der Waals surface area (Å²) >= 11 is 1.83. The molecule has 7 heteroatoms. The van der Waals surface area contributed by atoms with Crippen LogP contribution in [0.25, 0.3) is 0 Å². The first-order chi connectivity index (χ1) is 11.1. The van der Waals surface area contributed by atoms with Crippen LogP contribution in [-0.2, 0) is 0 Å². The maximum absolute atomic E-state index is 12.1. The Hall–Kier alpha value is -2.02. The number of H-pyrrole nitrogens is 2. The molecule has 0 bridgehead atoms. The van der Waals surface area contributed by atoms with Crippen LogP contribution >= 0.6 is 11.8 Å². The van der Waals surface area contributed by atoms with E-state index in [0.717, 1.165) is 12.8 Å². The number of nitrogens with one attached hydrogen (secondary N) is 3. The standard InChI is InChI=1S/C16H20N4O2S/c1-11-4-6-12(7-5-11)23-16(8-2-3-9-16)10-17-14(21)13-18-15(22)20-19-13/h4-7H,2-3,8-10H2,1H3,(H,17,21)(H2,18,19,20,22). The maximum Gasteiger partial charge on any atom is 0.341 e. The molecule has 0 spiro atoms. The van der Waals surface area contributed by atoms with Gasteiger partial charge in [-0.3, -0.25) is 9.78 Å². The van der Waals surface area contributed by atoms with E-state index in [9.17, 15) is 9.59 Å². The molecule has 3 N–H and O–H groups in total. The first kappa shape index (κ1) is 15.9. The summed E-state index contributed by atoms with van der Waals surface area (Å²) in [6.07, 6.45) is 4.49. The number of aromatic nitrogens is 3. The highest BCUT2D eigenvalue weighted by molar-refractivity contribution is 8.00. The van der Waals surface area contributed by atoms with Crippen LogP contribution in [0.2, 0.25) is 0 Å². The summed E-state index contributed by atoms with van der Waals surface area (Å²) in [6, 6.07) is 8.48. The van der Waals surface area contributed by atoms with Gasteiger partial charge >= 0.3 is 5.69 Å². The lowest BCUT2D eigenvalue weighted by atomic mass is 10.1. The van der Waals surface area contributed by atoms with Crippen LogP contribution in [-0.4, -0.2) is 32.4 Å². The Balaban J connectivity index is 1.67. The predicted molar refractivity (Wildman–Crippen MR) is 89.8 cm³/mol. The monoisotopic (exact) mass is 332 g/mol. The highest BCUT2D eigenvalue weighted by Crippen LogP contribution is 2.44. The molecular formula is C16H20N4O2S. The summed E-state index contributed by atoms with van der Waals surface area (Å²) in [5, 5.41) is 8.78. The number of aryl methyl sites for hydroxylation is 1. The van der Waals surface area contributed by atoms with Gasteiger partial charge in [0.2, 0.25) is 5.82 Å². The number of carbonyl (C=O) groups excluding carboxylic acids is 1. The van der Waals surface area contributed by atoms with Crippen molar-refractivity contribution in [3.8, 4) is 0 Å². The predicted octanol–water partition coefficient (Wildman–Crippen LogP) is 2.24. The lowest BCUT2D eigenvalue weighted by molar-refractivity contribution is 0.0939. The van der Waals surface area contributed by atoms with Crippen LogP contribution < -0.4 is 11.0 Å².